The van der Waals surface area contributed by atoms with Crippen molar-refractivity contribution in [3.63, 3.8) is 0 Å². The lowest BCUT2D eigenvalue weighted by atomic mass is 10.0. The zero-order chi connectivity index (χ0) is 7.84. The fourth-order valence-electron chi connectivity index (χ4n) is 2.37. The maximum atomic E-state index is 2.38. The molecule has 0 bridgehead atoms. The van der Waals surface area contributed by atoms with Crippen LogP contribution < -0.4 is 0 Å². The van der Waals surface area contributed by atoms with Gasteiger partial charge in [-0.1, -0.05) is 13.8 Å². The molecule has 64 valence electrons. The first-order valence-corrected chi connectivity index (χ1v) is 5.95. The predicted octanol–water partition coefficient (Wildman–Crippen LogP) is 3.17. The molecule has 0 aromatic rings. The second kappa shape index (κ2) is 3.01. The Morgan fingerprint density at radius 1 is 1.36 bits per heavy atom. The molecular formula is C10H18S. The van der Waals surface area contributed by atoms with Crippen molar-refractivity contribution < 1.29 is 0 Å². The maximum absolute atomic E-state index is 2.38. The lowest BCUT2D eigenvalue weighted by molar-refractivity contribution is 0.505. The number of thioether (sulfide) groups is 1. The van der Waals surface area contributed by atoms with E-state index < -0.39 is 0 Å². The van der Waals surface area contributed by atoms with Crippen LogP contribution in [0.3, 0.4) is 0 Å². The molecule has 0 N–H and O–H groups in total. The lowest BCUT2D eigenvalue weighted by Crippen LogP contribution is -2.04. The highest BCUT2D eigenvalue weighted by atomic mass is 32.2. The molecule has 0 nitrogen and oxygen atoms in total. The number of rotatable bonds is 2. The minimum Gasteiger partial charge on any atom is -0.158 e. The molecule has 1 saturated carbocycles. The van der Waals surface area contributed by atoms with Gasteiger partial charge in [0.25, 0.3) is 0 Å². The minimum absolute atomic E-state index is 0.946. The SMILES string of the molecule is CC(C)C1CC1C1CCCS1. The third kappa shape index (κ3) is 1.58. The van der Waals surface area contributed by atoms with Crippen LogP contribution in [-0.2, 0) is 0 Å². The second-order valence-electron chi connectivity index (χ2n) is 4.36. The van der Waals surface area contributed by atoms with E-state index in [9.17, 15) is 0 Å². The van der Waals surface area contributed by atoms with Crippen molar-refractivity contribution in [2.24, 2.45) is 17.8 Å². The van der Waals surface area contributed by atoms with Crippen LogP contribution >= 0.6 is 11.8 Å². The Labute approximate surface area is 74.1 Å². The van der Waals surface area contributed by atoms with Crippen LogP contribution in [0.4, 0.5) is 0 Å². The van der Waals surface area contributed by atoms with Crippen LogP contribution in [0.25, 0.3) is 0 Å². The molecule has 1 saturated heterocycles. The standard InChI is InChI=1S/C10H18S/c1-7(2)8-6-9(8)10-4-3-5-11-10/h7-10H,3-6H2,1-2H3. The Kier molecular flexibility index (Phi) is 2.18. The van der Waals surface area contributed by atoms with Gasteiger partial charge >= 0.3 is 0 Å². The van der Waals surface area contributed by atoms with E-state index in [0.29, 0.717) is 0 Å². The Morgan fingerprint density at radius 2 is 2.18 bits per heavy atom. The van der Waals surface area contributed by atoms with Crippen LogP contribution in [0.15, 0.2) is 0 Å². The number of hydrogen-bond donors (Lipinski definition) is 0. The summed E-state index contributed by atoms with van der Waals surface area (Å²) in [7, 11) is 0. The summed E-state index contributed by atoms with van der Waals surface area (Å²) in [4.78, 5) is 0. The summed E-state index contributed by atoms with van der Waals surface area (Å²) >= 11 is 2.23. The minimum atomic E-state index is 0.946. The molecule has 1 heteroatoms. The van der Waals surface area contributed by atoms with Gasteiger partial charge in [0, 0.05) is 5.25 Å². The first-order chi connectivity index (χ1) is 5.29. The Balaban J connectivity index is 1.81. The van der Waals surface area contributed by atoms with E-state index in [1.807, 2.05) is 0 Å². The van der Waals surface area contributed by atoms with Crippen LogP contribution in [0.5, 0.6) is 0 Å². The third-order valence-corrected chi connectivity index (χ3v) is 4.73. The van der Waals surface area contributed by atoms with Crippen molar-refractivity contribution in [2.45, 2.75) is 38.4 Å². The third-order valence-electron chi connectivity index (χ3n) is 3.19. The van der Waals surface area contributed by atoms with E-state index in [2.05, 4.69) is 25.6 Å². The average molecular weight is 170 g/mol. The van der Waals surface area contributed by atoms with Crippen molar-refractivity contribution in [2.75, 3.05) is 5.75 Å². The number of hydrogen-bond acceptors (Lipinski definition) is 1. The van der Waals surface area contributed by atoms with Crippen molar-refractivity contribution in [3.05, 3.63) is 0 Å². The summed E-state index contributed by atoms with van der Waals surface area (Å²) in [6, 6.07) is 0. The van der Waals surface area contributed by atoms with E-state index in [-0.39, 0.29) is 0 Å². The second-order valence-corrected chi connectivity index (χ2v) is 5.71. The van der Waals surface area contributed by atoms with Crippen LogP contribution in [0.1, 0.15) is 33.1 Å². The van der Waals surface area contributed by atoms with Crippen LogP contribution in [0.2, 0.25) is 0 Å². The fraction of sp³-hybridized carbons (Fsp3) is 1.00. The van der Waals surface area contributed by atoms with Gasteiger partial charge in [-0.2, -0.15) is 11.8 Å². The highest BCUT2D eigenvalue weighted by Crippen LogP contribution is 2.52. The summed E-state index contributed by atoms with van der Waals surface area (Å²) < 4.78 is 0. The molecule has 0 aromatic heterocycles. The van der Waals surface area contributed by atoms with Crippen molar-refractivity contribution >= 4 is 11.8 Å². The quantitative estimate of drug-likeness (QED) is 0.613. The molecular weight excluding hydrogens is 152 g/mol. The Morgan fingerprint density at radius 3 is 2.64 bits per heavy atom. The summed E-state index contributed by atoms with van der Waals surface area (Å²) in [5.74, 6) is 4.58. The Hall–Kier alpha value is 0.350. The normalized spacial score (nSPS) is 43.4. The molecule has 3 unspecified atom stereocenters. The lowest BCUT2D eigenvalue weighted by Gasteiger charge is -2.08. The average Bonchev–Trinajstić information content (AvgIpc) is 2.60. The van der Waals surface area contributed by atoms with Crippen LogP contribution in [0, 0.1) is 17.8 Å². The molecule has 2 fully saturated rings. The van der Waals surface area contributed by atoms with E-state index in [4.69, 9.17) is 0 Å². The molecule has 1 aliphatic heterocycles. The van der Waals surface area contributed by atoms with Gasteiger partial charge in [0.1, 0.15) is 0 Å². The fourth-order valence-corrected chi connectivity index (χ4v) is 3.90. The molecule has 2 aliphatic rings. The van der Waals surface area contributed by atoms with E-state index in [1.165, 1.54) is 25.0 Å². The monoisotopic (exact) mass is 170 g/mol. The topological polar surface area (TPSA) is 0 Å². The summed E-state index contributed by atoms with van der Waals surface area (Å²) in [6.45, 7) is 4.76. The van der Waals surface area contributed by atoms with Crippen molar-refractivity contribution in [1.29, 1.82) is 0 Å². The first kappa shape index (κ1) is 7.97. The van der Waals surface area contributed by atoms with Crippen LogP contribution in [-0.4, -0.2) is 11.0 Å². The van der Waals surface area contributed by atoms with Crippen molar-refractivity contribution in [3.8, 4) is 0 Å². The summed E-state index contributed by atoms with van der Waals surface area (Å²) in [5.41, 5.74) is 0. The molecule has 11 heavy (non-hydrogen) atoms. The molecule has 0 spiro atoms. The van der Waals surface area contributed by atoms with Crippen molar-refractivity contribution in [1.82, 2.24) is 0 Å². The molecule has 0 radical (unpaired) electrons. The highest BCUT2D eigenvalue weighted by molar-refractivity contribution is 8.00. The molecule has 1 aliphatic carbocycles. The molecule has 3 atom stereocenters. The van der Waals surface area contributed by atoms with E-state index in [0.717, 1.165) is 23.0 Å². The molecule has 1 heterocycles. The summed E-state index contributed by atoms with van der Waals surface area (Å²) in [6.07, 6.45) is 4.53. The largest absolute Gasteiger partial charge is 0.158 e. The predicted molar refractivity (Wildman–Crippen MR) is 51.9 cm³/mol. The van der Waals surface area contributed by atoms with E-state index in [1.54, 1.807) is 0 Å². The van der Waals surface area contributed by atoms with Gasteiger partial charge in [-0.05, 0) is 42.8 Å². The van der Waals surface area contributed by atoms with Gasteiger partial charge in [0.05, 0.1) is 0 Å². The van der Waals surface area contributed by atoms with E-state index >= 15 is 0 Å². The molecule has 2 rings (SSSR count). The smallest absolute Gasteiger partial charge is 0.00784 e. The molecule has 0 aromatic carbocycles. The summed E-state index contributed by atoms with van der Waals surface area (Å²) in [5, 5.41) is 1.06. The van der Waals surface area contributed by atoms with Gasteiger partial charge in [-0.15, -0.1) is 0 Å². The zero-order valence-electron chi connectivity index (χ0n) is 7.55. The Bertz CT molecular complexity index is 136. The molecule has 0 amide bonds. The first-order valence-electron chi connectivity index (χ1n) is 4.90. The van der Waals surface area contributed by atoms with Gasteiger partial charge in [-0.25, -0.2) is 0 Å². The maximum Gasteiger partial charge on any atom is 0.00784 e. The van der Waals surface area contributed by atoms with Gasteiger partial charge in [0.15, 0.2) is 0 Å². The highest BCUT2D eigenvalue weighted by Gasteiger charge is 2.45. The van der Waals surface area contributed by atoms with Gasteiger partial charge in [-0.3, -0.25) is 0 Å². The van der Waals surface area contributed by atoms with Gasteiger partial charge in [0.2, 0.25) is 0 Å². The zero-order valence-corrected chi connectivity index (χ0v) is 8.36. The van der Waals surface area contributed by atoms with Gasteiger partial charge < -0.3 is 0 Å².